The van der Waals surface area contributed by atoms with Gasteiger partial charge in [-0.2, -0.15) is 16.3 Å². The van der Waals surface area contributed by atoms with Crippen LogP contribution in [-0.4, -0.2) is 16.0 Å². The van der Waals surface area contributed by atoms with Crippen LogP contribution in [0.3, 0.4) is 0 Å². The molecule has 4 heterocycles. The zero-order chi connectivity index (χ0) is 18.2. The van der Waals surface area contributed by atoms with Crippen LogP contribution in [0.25, 0.3) is 21.9 Å². The molecule has 0 bridgehead atoms. The van der Waals surface area contributed by atoms with Gasteiger partial charge in [0.25, 0.3) is 11.8 Å². The minimum atomic E-state index is -0.159. The smallest absolute Gasteiger partial charge is 0.261 e. The lowest BCUT2D eigenvalue weighted by Gasteiger charge is -2.16. The van der Waals surface area contributed by atoms with Gasteiger partial charge >= 0.3 is 0 Å². The summed E-state index contributed by atoms with van der Waals surface area (Å²) in [7, 11) is 0. The summed E-state index contributed by atoms with van der Waals surface area (Å²) in [5.41, 5.74) is 2.94. The molecule has 0 radical (unpaired) electrons. The highest BCUT2D eigenvalue weighted by Crippen LogP contribution is 2.42. The van der Waals surface area contributed by atoms with Crippen molar-refractivity contribution in [3.63, 3.8) is 0 Å². The van der Waals surface area contributed by atoms with Gasteiger partial charge in [-0.25, -0.2) is 0 Å². The van der Waals surface area contributed by atoms with Crippen molar-refractivity contribution in [1.82, 2.24) is 15.5 Å². The van der Waals surface area contributed by atoms with Crippen LogP contribution in [0, 0.1) is 0 Å². The Morgan fingerprint density at radius 2 is 2.19 bits per heavy atom. The molecular weight excluding hydrogens is 382 g/mol. The first-order chi connectivity index (χ1) is 13.3. The minimum absolute atomic E-state index is 0.159. The summed E-state index contributed by atoms with van der Waals surface area (Å²) in [6.45, 7) is 0.688. The summed E-state index contributed by atoms with van der Waals surface area (Å²) in [6, 6.07) is 11.7. The van der Waals surface area contributed by atoms with Crippen LogP contribution in [0.4, 0.5) is 0 Å². The molecule has 0 spiro atoms. The molecule has 0 saturated heterocycles. The molecule has 1 aliphatic heterocycles. The minimum Gasteiger partial charge on any atom is -0.488 e. The fraction of sp³-hybridized carbons (Fsp3) is 0.105. The van der Waals surface area contributed by atoms with E-state index in [9.17, 15) is 4.79 Å². The van der Waals surface area contributed by atoms with Crippen molar-refractivity contribution in [2.45, 2.75) is 13.2 Å². The van der Waals surface area contributed by atoms with E-state index in [1.165, 1.54) is 11.3 Å². The van der Waals surface area contributed by atoms with Crippen molar-refractivity contribution >= 4 is 28.6 Å². The Morgan fingerprint density at radius 3 is 3.07 bits per heavy atom. The molecule has 1 amide bonds. The van der Waals surface area contributed by atoms with Crippen LogP contribution in [0.1, 0.15) is 21.1 Å². The molecule has 8 heteroatoms. The van der Waals surface area contributed by atoms with Crippen LogP contribution >= 0.6 is 22.7 Å². The first-order valence-corrected chi connectivity index (χ1v) is 10.0. The maximum atomic E-state index is 12.6. The molecule has 0 atom stereocenters. The number of fused-ring (bicyclic) bond motifs is 3. The predicted octanol–water partition coefficient (Wildman–Crippen LogP) is 4.35. The van der Waals surface area contributed by atoms with Gasteiger partial charge in [0.1, 0.15) is 12.4 Å². The first kappa shape index (κ1) is 16.2. The molecule has 0 saturated carbocycles. The number of thiophene rings is 2. The van der Waals surface area contributed by atoms with Crippen LogP contribution < -0.4 is 10.1 Å². The van der Waals surface area contributed by atoms with Crippen molar-refractivity contribution in [2.24, 2.45) is 0 Å². The fourth-order valence-electron chi connectivity index (χ4n) is 2.89. The lowest BCUT2D eigenvalue weighted by molar-refractivity contribution is 0.0953. The number of ether oxygens (including phenoxy) is 1. The SMILES string of the molecule is O=C(NCc1noc(-c2ccsc2)n1)c1cc2c(s1)-c1ccccc1OC2. The lowest BCUT2D eigenvalue weighted by atomic mass is 10.1. The molecule has 1 aromatic carbocycles. The Morgan fingerprint density at radius 1 is 1.26 bits per heavy atom. The van der Waals surface area contributed by atoms with E-state index >= 15 is 0 Å². The van der Waals surface area contributed by atoms with Gasteiger partial charge in [0.05, 0.1) is 17.0 Å². The van der Waals surface area contributed by atoms with Crippen LogP contribution in [0.5, 0.6) is 5.75 Å². The molecule has 27 heavy (non-hydrogen) atoms. The fourth-order valence-corrected chi connectivity index (χ4v) is 4.63. The number of carbonyl (C=O) groups is 1. The van der Waals surface area contributed by atoms with Crippen LogP contribution in [0.15, 0.2) is 51.7 Å². The Hall–Kier alpha value is -2.97. The van der Waals surface area contributed by atoms with E-state index in [1.807, 2.05) is 47.2 Å². The summed E-state index contributed by atoms with van der Waals surface area (Å²) in [5, 5.41) is 10.7. The quantitative estimate of drug-likeness (QED) is 0.556. The molecule has 0 unspecified atom stereocenters. The number of hydrogen-bond acceptors (Lipinski definition) is 7. The van der Waals surface area contributed by atoms with Crippen molar-refractivity contribution in [3.8, 4) is 27.6 Å². The van der Waals surface area contributed by atoms with Crippen molar-refractivity contribution in [2.75, 3.05) is 0 Å². The topological polar surface area (TPSA) is 77.3 Å². The van der Waals surface area contributed by atoms with E-state index in [1.54, 1.807) is 11.3 Å². The van der Waals surface area contributed by atoms with Gasteiger partial charge in [0, 0.05) is 21.4 Å². The van der Waals surface area contributed by atoms with E-state index in [0.29, 0.717) is 23.2 Å². The van der Waals surface area contributed by atoms with Gasteiger partial charge in [-0.15, -0.1) is 11.3 Å². The normalized spacial score (nSPS) is 12.1. The van der Waals surface area contributed by atoms with Gasteiger partial charge < -0.3 is 14.6 Å². The number of aromatic nitrogens is 2. The van der Waals surface area contributed by atoms with E-state index < -0.39 is 0 Å². The molecule has 3 aromatic heterocycles. The molecule has 1 N–H and O–H groups in total. The van der Waals surface area contributed by atoms with Gasteiger partial charge in [0.15, 0.2) is 5.82 Å². The van der Waals surface area contributed by atoms with Crippen molar-refractivity contribution in [3.05, 3.63) is 63.4 Å². The zero-order valence-electron chi connectivity index (χ0n) is 14.0. The Kier molecular flexibility index (Phi) is 3.99. The molecule has 5 rings (SSSR count). The van der Waals surface area contributed by atoms with Crippen LogP contribution in [0.2, 0.25) is 0 Å². The number of benzene rings is 1. The van der Waals surface area contributed by atoms with Gasteiger partial charge in [-0.3, -0.25) is 4.79 Å². The number of carbonyl (C=O) groups excluding carboxylic acids is 1. The number of nitrogens with one attached hydrogen (secondary N) is 1. The second kappa shape index (κ2) is 6.64. The van der Waals surface area contributed by atoms with E-state index in [0.717, 1.165) is 27.3 Å². The number of rotatable bonds is 4. The summed E-state index contributed by atoms with van der Waals surface area (Å²) >= 11 is 3.03. The molecule has 0 fully saturated rings. The average Bonchev–Trinajstić information content (AvgIpc) is 3.45. The molecule has 0 aliphatic carbocycles. The highest BCUT2D eigenvalue weighted by molar-refractivity contribution is 7.17. The molecule has 1 aliphatic rings. The monoisotopic (exact) mass is 395 g/mol. The Bertz CT molecular complexity index is 1120. The highest BCUT2D eigenvalue weighted by atomic mass is 32.1. The number of para-hydroxylation sites is 1. The second-order valence-corrected chi connectivity index (χ2v) is 7.79. The predicted molar refractivity (Wildman–Crippen MR) is 103 cm³/mol. The lowest BCUT2D eigenvalue weighted by Crippen LogP contribution is -2.22. The number of hydrogen-bond donors (Lipinski definition) is 1. The van der Waals surface area contributed by atoms with Gasteiger partial charge in [-0.1, -0.05) is 17.3 Å². The van der Waals surface area contributed by atoms with Gasteiger partial charge in [-0.05, 0) is 29.6 Å². The van der Waals surface area contributed by atoms with Crippen molar-refractivity contribution < 1.29 is 14.1 Å². The summed E-state index contributed by atoms with van der Waals surface area (Å²) in [6.07, 6.45) is 0. The summed E-state index contributed by atoms with van der Waals surface area (Å²) in [5.74, 6) is 1.60. The number of amides is 1. The van der Waals surface area contributed by atoms with E-state index in [2.05, 4.69) is 15.5 Å². The van der Waals surface area contributed by atoms with Crippen LogP contribution in [-0.2, 0) is 13.2 Å². The molecule has 6 nitrogen and oxygen atoms in total. The second-order valence-electron chi connectivity index (χ2n) is 5.96. The third-order valence-electron chi connectivity index (χ3n) is 4.19. The first-order valence-electron chi connectivity index (χ1n) is 8.26. The summed E-state index contributed by atoms with van der Waals surface area (Å²) < 4.78 is 11.0. The summed E-state index contributed by atoms with van der Waals surface area (Å²) in [4.78, 5) is 18.6. The van der Waals surface area contributed by atoms with E-state index in [-0.39, 0.29) is 12.5 Å². The number of nitrogens with zero attached hydrogens (tertiary/aromatic N) is 2. The standard InChI is InChI=1S/C19H13N3O3S2/c23-18(20-8-16-21-19(25-22-16)11-5-6-26-10-11)15-7-12-9-24-14-4-2-1-3-13(14)17(12)27-15/h1-7,10H,8-9H2,(H,20,23). The van der Waals surface area contributed by atoms with Gasteiger partial charge in [0.2, 0.25) is 0 Å². The maximum Gasteiger partial charge on any atom is 0.261 e. The maximum absolute atomic E-state index is 12.6. The molecule has 134 valence electrons. The highest BCUT2D eigenvalue weighted by Gasteiger charge is 2.22. The Balaban J connectivity index is 1.31. The third kappa shape index (κ3) is 3.02. The average molecular weight is 395 g/mol. The largest absolute Gasteiger partial charge is 0.488 e. The Labute approximate surface area is 162 Å². The zero-order valence-corrected chi connectivity index (χ0v) is 15.6. The molecule has 4 aromatic rings. The van der Waals surface area contributed by atoms with Crippen molar-refractivity contribution in [1.29, 1.82) is 0 Å². The van der Waals surface area contributed by atoms with E-state index in [4.69, 9.17) is 9.26 Å². The molecular formula is C19H13N3O3S2. The third-order valence-corrected chi connectivity index (χ3v) is 6.08.